The maximum atomic E-state index is 13.1. The van der Waals surface area contributed by atoms with Crippen molar-refractivity contribution in [1.82, 2.24) is 14.0 Å². The molecule has 1 saturated heterocycles. The van der Waals surface area contributed by atoms with E-state index in [9.17, 15) is 14.0 Å². The van der Waals surface area contributed by atoms with Gasteiger partial charge in [0.1, 0.15) is 5.82 Å². The molecule has 1 unspecified atom stereocenters. The van der Waals surface area contributed by atoms with Crippen LogP contribution in [0.15, 0.2) is 40.4 Å². The number of benzene rings is 1. The molecule has 27 heavy (non-hydrogen) atoms. The second-order valence-corrected chi connectivity index (χ2v) is 7.10. The highest BCUT2D eigenvalue weighted by molar-refractivity contribution is 5.62. The molecule has 0 spiro atoms. The molecule has 0 bridgehead atoms. The molecule has 1 aromatic carbocycles. The molecule has 1 atom stereocenters. The molecule has 2 aliphatic rings. The molecular formula is C20H22FN3O3. The van der Waals surface area contributed by atoms with E-state index in [0.717, 1.165) is 5.56 Å². The summed E-state index contributed by atoms with van der Waals surface area (Å²) in [4.78, 5) is 27.9. The van der Waals surface area contributed by atoms with Crippen molar-refractivity contribution in [3.8, 4) is 0 Å². The molecule has 6 nitrogen and oxygen atoms in total. The highest BCUT2D eigenvalue weighted by Gasteiger charge is 2.29. The predicted octanol–water partition coefficient (Wildman–Crippen LogP) is 1.91. The molecule has 3 heterocycles. The van der Waals surface area contributed by atoms with E-state index in [2.05, 4.69) is 6.58 Å². The third-order valence-electron chi connectivity index (χ3n) is 5.41. The van der Waals surface area contributed by atoms with Gasteiger partial charge in [0, 0.05) is 31.8 Å². The van der Waals surface area contributed by atoms with Gasteiger partial charge in [0.15, 0.2) is 0 Å². The summed E-state index contributed by atoms with van der Waals surface area (Å²) in [6, 6.07) is 6.11. The second-order valence-electron chi connectivity index (χ2n) is 7.10. The molecule has 0 N–H and O–H groups in total. The van der Waals surface area contributed by atoms with Crippen LogP contribution in [-0.2, 0) is 17.8 Å². The zero-order valence-electron chi connectivity index (χ0n) is 15.3. The molecule has 2 aromatic rings. The first-order valence-electron chi connectivity index (χ1n) is 9.09. The number of nitrogens with zero attached hydrogens (tertiary/aromatic N) is 3. The van der Waals surface area contributed by atoms with Crippen molar-refractivity contribution in [3.05, 3.63) is 74.3 Å². The molecule has 142 valence electrons. The van der Waals surface area contributed by atoms with Crippen molar-refractivity contribution >= 4 is 5.70 Å². The van der Waals surface area contributed by atoms with Crippen molar-refractivity contribution in [2.24, 2.45) is 0 Å². The van der Waals surface area contributed by atoms with E-state index < -0.39 is 0 Å². The number of rotatable bonds is 3. The molecular weight excluding hydrogens is 349 g/mol. The summed E-state index contributed by atoms with van der Waals surface area (Å²) < 4.78 is 21.5. The van der Waals surface area contributed by atoms with Gasteiger partial charge >= 0.3 is 5.69 Å². The van der Waals surface area contributed by atoms with E-state index in [1.165, 1.54) is 16.7 Å². The van der Waals surface area contributed by atoms with Crippen molar-refractivity contribution in [1.29, 1.82) is 0 Å². The molecule has 1 aromatic heterocycles. The minimum atomic E-state index is -0.293. The molecule has 0 radical (unpaired) electrons. The lowest BCUT2D eigenvalue weighted by atomic mass is 10.1. The van der Waals surface area contributed by atoms with Crippen LogP contribution in [0.5, 0.6) is 0 Å². The van der Waals surface area contributed by atoms with Gasteiger partial charge in [0.05, 0.1) is 24.0 Å². The van der Waals surface area contributed by atoms with Crippen molar-refractivity contribution in [2.45, 2.75) is 32.5 Å². The van der Waals surface area contributed by atoms with E-state index in [0.29, 0.717) is 56.2 Å². The number of aromatic nitrogens is 2. The topological polar surface area (TPSA) is 56.5 Å². The number of ether oxygens (including phenoxy) is 1. The summed E-state index contributed by atoms with van der Waals surface area (Å²) in [5.41, 5.74) is 2.14. The molecule has 0 saturated carbocycles. The molecule has 4 rings (SSSR count). The Bertz CT molecular complexity index is 1000. The fraction of sp³-hybridized carbons (Fsp3) is 0.400. The third kappa shape index (κ3) is 3.02. The summed E-state index contributed by atoms with van der Waals surface area (Å²) in [5.74, 6) is -0.277. The summed E-state index contributed by atoms with van der Waals surface area (Å²) in [6.07, 6.45) is 0.672. The second kappa shape index (κ2) is 6.81. The zero-order chi connectivity index (χ0) is 19.1. The van der Waals surface area contributed by atoms with Gasteiger partial charge in [0.25, 0.3) is 5.56 Å². The SMILES string of the molecule is C=C1c2c(C)c(=O)n(C3CCOC3)c(=O)n2CCN1Cc1ccc(F)cc1. The third-order valence-corrected chi connectivity index (χ3v) is 5.41. The molecule has 7 heteroatoms. The number of fused-ring (bicyclic) bond motifs is 1. The molecule has 0 amide bonds. The predicted molar refractivity (Wildman–Crippen MR) is 100 cm³/mol. The number of hydrogen-bond donors (Lipinski definition) is 0. The minimum Gasteiger partial charge on any atom is -0.379 e. The average molecular weight is 371 g/mol. The summed E-state index contributed by atoms with van der Waals surface area (Å²) >= 11 is 0. The van der Waals surface area contributed by atoms with Crippen LogP contribution in [0.4, 0.5) is 4.39 Å². The molecule has 2 aliphatic heterocycles. The van der Waals surface area contributed by atoms with E-state index in [1.54, 1.807) is 23.6 Å². The minimum absolute atomic E-state index is 0.202. The highest BCUT2D eigenvalue weighted by Crippen LogP contribution is 2.25. The van der Waals surface area contributed by atoms with Crippen LogP contribution in [0.25, 0.3) is 5.70 Å². The lowest BCUT2D eigenvalue weighted by molar-refractivity contribution is 0.184. The van der Waals surface area contributed by atoms with Gasteiger partial charge in [0.2, 0.25) is 0 Å². The van der Waals surface area contributed by atoms with Gasteiger partial charge < -0.3 is 9.64 Å². The standard InChI is InChI=1S/C20H22FN3O3/c1-13-18-14(2)22(11-15-3-5-16(21)6-4-15)8-9-23(18)20(26)24(19(13)25)17-7-10-27-12-17/h3-6,17H,2,7-12H2,1H3. The van der Waals surface area contributed by atoms with Gasteiger partial charge in [-0.2, -0.15) is 0 Å². The van der Waals surface area contributed by atoms with Gasteiger partial charge in [-0.1, -0.05) is 18.7 Å². The van der Waals surface area contributed by atoms with Gasteiger partial charge in [-0.05, 0) is 31.0 Å². The normalized spacial score (nSPS) is 19.4. The Morgan fingerprint density at radius 3 is 2.63 bits per heavy atom. The van der Waals surface area contributed by atoms with Gasteiger partial charge in [-0.25, -0.2) is 9.18 Å². The number of hydrogen-bond acceptors (Lipinski definition) is 4. The van der Waals surface area contributed by atoms with Crippen LogP contribution in [0.1, 0.15) is 29.3 Å². The Morgan fingerprint density at radius 2 is 1.96 bits per heavy atom. The van der Waals surface area contributed by atoms with Crippen molar-refractivity contribution in [3.63, 3.8) is 0 Å². The largest absolute Gasteiger partial charge is 0.379 e. The van der Waals surface area contributed by atoms with Crippen molar-refractivity contribution < 1.29 is 9.13 Å². The van der Waals surface area contributed by atoms with E-state index >= 15 is 0 Å². The van der Waals surface area contributed by atoms with Crippen LogP contribution in [0.2, 0.25) is 0 Å². The van der Waals surface area contributed by atoms with Crippen LogP contribution >= 0.6 is 0 Å². The lowest BCUT2D eigenvalue weighted by Crippen LogP contribution is -2.48. The fourth-order valence-electron chi connectivity index (χ4n) is 3.91. The number of halogens is 1. The zero-order valence-corrected chi connectivity index (χ0v) is 15.3. The monoisotopic (exact) mass is 371 g/mol. The van der Waals surface area contributed by atoms with E-state index in [4.69, 9.17) is 4.74 Å². The molecule has 0 aliphatic carbocycles. The Balaban J connectivity index is 1.71. The highest BCUT2D eigenvalue weighted by atomic mass is 19.1. The first-order chi connectivity index (χ1) is 13.0. The van der Waals surface area contributed by atoms with Gasteiger partial charge in [-0.15, -0.1) is 0 Å². The Hall–Kier alpha value is -2.67. The first kappa shape index (κ1) is 17.7. The Kier molecular flexibility index (Phi) is 4.47. The smallest absolute Gasteiger partial charge is 0.331 e. The van der Waals surface area contributed by atoms with Crippen LogP contribution in [-0.4, -0.2) is 33.8 Å². The lowest BCUT2D eigenvalue weighted by Gasteiger charge is -2.35. The van der Waals surface area contributed by atoms with Crippen LogP contribution in [0, 0.1) is 12.7 Å². The van der Waals surface area contributed by atoms with Crippen LogP contribution < -0.4 is 11.2 Å². The van der Waals surface area contributed by atoms with E-state index in [-0.39, 0.29) is 23.1 Å². The van der Waals surface area contributed by atoms with Crippen LogP contribution in [0.3, 0.4) is 0 Å². The summed E-state index contributed by atoms with van der Waals surface area (Å²) in [7, 11) is 0. The maximum Gasteiger partial charge on any atom is 0.331 e. The molecule has 1 fully saturated rings. The van der Waals surface area contributed by atoms with Gasteiger partial charge in [-0.3, -0.25) is 13.9 Å². The van der Waals surface area contributed by atoms with E-state index in [1.807, 2.05) is 4.90 Å². The average Bonchev–Trinajstić information content (AvgIpc) is 3.17. The van der Waals surface area contributed by atoms with Crippen molar-refractivity contribution in [2.75, 3.05) is 19.8 Å². The summed E-state index contributed by atoms with van der Waals surface area (Å²) in [6.45, 7) is 8.46. The maximum absolute atomic E-state index is 13.1. The first-order valence-corrected chi connectivity index (χ1v) is 9.09. The fourth-order valence-corrected chi connectivity index (χ4v) is 3.91. The summed E-state index contributed by atoms with van der Waals surface area (Å²) in [5, 5.41) is 0. The quantitative estimate of drug-likeness (QED) is 0.827. The Labute approximate surface area is 156 Å². The Morgan fingerprint density at radius 1 is 1.22 bits per heavy atom.